The van der Waals surface area contributed by atoms with E-state index < -0.39 is 0 Å². The number of benzene rings is 2. The summed E-state index contributed by atoms with van der Waals surface area (Å²) >= 11 is 0. The van der Waals surface area contributed by atoms with Crippen LogP contribution in [0.25, 0.3) is 0 Å². The molecule has 7 heteroatoms. The van der Waals surface area contributed by atoms with Crippen LogP contribution in [-0.4, -0.2) is 33.9 Å². The minimum absolute atomic E-state index is 0.147. The molecule has 156 valence electrons. The topological polar surface area (TPSA) is 75.3 Å². The highest BCUT2D eigenvalue weighted by molar-refractivity contribution is 6.01. The monoisotopic (exact) mass is 409 g/mol. The second-order valence-electron chi connectivity index (χ2n) is 7.44. The molecule has 3 aliphatic rings. The largest absolute Gasteiger partial charge is 0.493 e. The first-order valence-electron chi connectivity index (χ1n) is 9.92. The van der Waals surface area contributed by atoms with Gasteiger partial charge in [0.15, 0.2) is 28.8 Å². The maximum atomic E-state index is 13.1. The number of carbonyl (C=O) groups is 1. The summed E-state index contributed by atoms with van der Waals surface area (Å²) in [5.74, 6) is 2.84. The van der Waals surface area contributed by atoms with Crippen LogP contribution in [0.2, 0.25) is 0 Å². The van der Waals surface area contributed by atoms with Crippen molar-refractivity contribution in [1.82, 2.24) is 0 Å². The molecule has 0 aromatic heterocycles. The van der Waals surface area contributed by atoms with Gasteiger partial charge in [0.25, 0.3) is 0 Å². The molecule has 5 rings (SSSR count). The Hall–Kier alpha value is -3.35. The van der Waals surface area contributed by atoms with Crippen molar-refractivity contribution in [3.05, 3.63) is 46.7 Å². The number of Topliss-reactive ketones (excluding diaryl/α,β-unsaturated/α-hetero) is 1. The average molecular weight is 409 g/mol. The molecule has 2 heterocycles. The fourth-order valence-electron chi connectivity index (χ4n) is 4.63. The molecular weight excluding hydrogens is 386 g/mol. The third-order valence-electron chi connectivity index (χ3n) is 5.93. The van der Waals surface area contributed by atoms with E-state index in [1.807, 2.05) is 24.3 Å². The Morgan fingerprint density at radius 1 is 0.933 bits per heavy atom. The van der Waals surface area contributed by atoms with E-state index in [2.05, 4.69) is 5.32 Å². The van der Waals surface area contributed by atoms with E-state index in [4.69, 9.17) is 23.7 Å². The number of ether oxygens (including phenoxy) is 5. The Bertz CT molecular complexity index is 1070. The third-order valence-corrected chi connectivity index (χ3v) is 5.93. The van der Waals surface area contributed by atoms with Gasteiger partial charge in [-0.25, -0.2) is 0 Å². The van der Waals surface area contributed by atoms with Crippen LogP contribution >= 0.6 is 0 Å². The third kappa shape index (κ3) is 2.69. The molecule has 0 radical (unpaired) electrons. The molecule has 2 aromatic carbocycles. The predicted molar refractivity (Wildman–Crippen MR) is 110 cm³/mol. The molecule has 0 amide bonds. The normalized spacial score (nSPS) is 19.0. The van der Waals surface area contributed by atoms with Crippen molar-refractivity contribution in [3.8, 4) is 28.7 Å². The summed E-state index contributed by atoms with van der Waals surface area (Å²) in [7, 11) is 4.76. The Morgan fingerprint density at radius 2 is 1.70 bits per heavy atom. The zero-order valence-electron chi connectivity index (χ0n) is 17.2. The number of carbonyl (C=O) groups excluding carboxylic acids is 1. The molecule has 7 nitrogen and oxygen atoms in total. The summed E-state index contributed by atoms with van der Waals surface area (Å²) in [4.78, 5) is 13.1. The Morgan fingerprint density at radius 3 is 2.43 bits per heavy atom. The quantitative estimate of drug-likeness (QED) is 0.818. The van der Waals surface area contributed by atoms with Crippen molar-refractivity contribution >= 4 is 11.5 Å². The average Bonchev–Trinajstić information content (AvgIpc) is 3.22. The van der Waals surface area contributed by atoms with Crippen molar-refractivity contribution in [2.24, 2.45) is 0 Å². The summed E-state index contributed by atoms with van der Waals surface area (Å²) in [6.07, 6.45) is 2.19. The molecule has 1 atom stereocenters. The predicted octanol–water partition coefficient (Wildman–Crippen LogP) is 4.01. The van der Waals surface area contributed by atoms with Gasteiger partial charge in [-0.15, -0.1) is 0 Å². The van der Waals surface area contributed by atoms with E-state index in [0.717, 1.165) is 40.9 Å². The van der Waals surface area contributed by atoms with Crippen LogP contribution in [0.1, 0.15) is 36.3 Å². The first-order valence-corrected chi connectivity index (χ1v) is 9.92. The van der Waals surface area contributed by atoms with Gasteiger partial charge < -0.3 is 29.0 Å². The lowest BCUT2D eigenvalue weighted by molar-refractivity contribution is -0.116. The number of rotatable bonds is 4. The molecule has 30 heavy (non-hydrogen) atoms. The number of anilines is 1. The van der Waals surface area contributed by atoms with Gasteiger partial charge >= 0.3 is 0 Å². The molecular formula is C23H23NO6. The Kier molecular flexibility index (Phi) is 4.46. The Labute approximate surface area is 174 Å². The van der Waals surface area contributed by atoms with Crippen LogP contribution in [0.15, 0.2) is 35.5 Å². The van der Waals surface area contributed by atoms with Crippen LogP contribution in [-0.2, 0) is 4.79 Å². The fourth-order valence-corrected chi connectivity index (χ4v) is 4.63. The lowest BCUT2D eigenvalue weighted by atomic mass is 9.75. The van der Waals surface area contributed by atoms with Crippen LogP contribution in [0.4, 0.5) is 5.69 Å². The highest BCUT2D eigenvalue weighted by atomic mass is 16.7. The highest BCUT2D eigenvalue weighted by Crippen LogP contribution is 2.53. The summed E-state index contributed by atoms with van der Waals surface area (Å²) in [5.41, 5.74) is 4.44. The standard InChI is InChI=1S/C23H23NO6/c1-26-17-8-7-12(22(27-2)23(17)28-3)20-13-9-18-19(30-11-29-18)10-15(13)24-14-5-4-6-16(25)21(14)20/h7-10,20,24H,4-6,11H2,1-3H3/t20-/m1/s1. The molecule has 0 unspecified atom stereocenters. The van der Waals surface area contributed by atoms with Crippen LogP contribution in [0.5, 0.6) is 28.7 Å². The minimum Gasteiger partial charge on any atom is -0.493 e. The molecule has 0 saturated carbocycles. The fraction of sp³-hybridized carbons (Fsp3) is 0.348. The van der Waals surface area contributed by atoms with Crippen molar-refractivity contribution in [3.63, 3.8) is 0 Å². The molecule has 0 bridgehead atoms. The van der Waals surface area contributed by atoms with E-state index in [1.54, 1.807) is 21.3 Å². The molecule has 2 aliphatic heterocycles. The number of hydrogen-bond acceptors (Lipinski definition) is 7. The molecule has 1 N–H and O–H groups in total. The van der Waals surface area contributed by atoms with Gasteiger partial charge in [-0.3, -0.25) is 4.79 Å². The highest BCUT2D eigenvalue weighted by Gasteiger charge is 2.38. The smallest absolute Gasteiger partial charge is 0.231 e. The summed E-state index contributed by atoms with van der Waals surface area (Å²) < 4.78 is 28.0. The van der Waals surface area contributed by atoms with Crippen molar-refractivity contribution in [2.75, 3.05) is 33.4 Å². The summed E-state index contributed by atoms with van der Waals surface area (Å²) in [6, 6.07) is 7.69. The van der Waals surface area contributed by atoms with E-state index in [1.165, 1.54) is 0 Å². The maximum absolute atomic E-state index is 13.1. The van der Waals surface area contributed by atoms with Crippen molar-refractivity contribution in [1.29, 1.82) is 0 Å². The second kappa shape index (κ2) is 7.16. The van der Waals surface area contributed by atoms with Crippen LogP contribution in [0, 0.1) is 0 Å². The zero-order valence-corrected chi connectivity index (χ0v) is 17.2. The van der Waals surface area contributed by atoms with Crippen molar-refractivity contribution < 1.29 is 28.5 Å². The van der Waals surface area contributed by atoms with Gasteiger partial charge in [-0.2, -0.15) is 0 Å². The summed E-state index contributed by atoms with van der Waals surface area (Å²) in [5, 5.41) is 3.47. The Balaban J connectivity index is 1.77. The number of ketones is 1. The van der Waals surface area contributed by atoms with Crippen molar-refractivity contribution in [2.45, 2.75) is 25.2 Å². The van der Waals surface area contributed by atoms with Gasteiger partial charge in [0.2, 0.25) is 12.5 Å². The summed E-state index contributed by atoms with van der Waals surface area (Å²) in [6.45, 7) is 0.189. The van der Waals surface area contributed by atoms with E-state index in [0.29, 0.717) is 35.2 Å². The first kappa shape index (κ1) is 18.7. The van der Waals surface area contributed by atoms with E-state index in [-0.39, 0.29) is 18.5 Å². The molecule has 0 spiro atoms. The van der Waals surface area contributed by atoms with Gasteiger partial charge in [-0.1, -0.05) is 6.07 Å². The molecule has 0 fully saturated rings. The molecule has 2 aromatic rings. The second-order valence-corrected chi connectivity index (χ2v) is 7.44. The van der Waals surface area contributed by atoms with Crippen LogP contribution < -0.4 is 29.0 Å². The van der Waals surface area contributed by atoms with E-state index >= 15 is 0 Å². The van der Waals surface area contributed by atoms with Gasteiger partial charge in [0, 0.05) is 40.9 Å². The molecule has 0 saturated heterocycles. The lowest BCUT2D eigenvalue weighted by Crippen LogP contribution is -2.27. The van der Waals surface area contributed by atoms with Gasteiger partial charge in [0.1, 0.15) is 0 Å². The SMILES string of the molecule is COc1ccc([C@H]2C3=C(CCCC3=O)Nc3cc4c(cc32)OCO4)c(OC)c1OC. The number of nitrogens with one attached hydrogen (secondary N) is 1. The van der Waals surface area contributed by atoms with E-state index in [9.17, 15) is 4.79 Å². The molecule has 1 aliphatic carbocycles. The number of hydrogen-bond donors (Lipinski definition) is 1. The number of allylic oxidation sites excluding steroid dienone is 2. The lowest BCUT2D eigenvalue weighted by Gasteiger charge is -2.35. The minimum atomic E-state index is -0.312. The number of methoxy groups -OCH3 is 3. The van der Waals surface area contributed by atoms with Crippen LogP contribution in [0.3, 0.4) is 0 Å². The van der Waals surface area contributed by atoms with Gasteiger partial charge in [0.05, 0.1) is 21.3 Å². The maximum Gasteiger partial charge on any atom is 0.231 e. The van der Waals surface area contributed by atoms with Gasteiger partial charge in [-0.05, 0) is 30.5 Å². The first-order chi connectivity index (χ1) is 14.7. The zero-order chi connectivity index (χ0) is 20.8. The number of fused-ring (bicyclic) bond motifs is 2.